The van der Waals surface area contributed by atoms with E-state index in [2.05, 4.69) is 8.75 Å². The van der Waals surface area contributed by atoms with E-state index < -0.39 is 0 Å². The fourth-order valence-electron chi connectivity index (χ4n) is 3.22. The topological polar surface area (TPSA) is 69.6 Å². The minimum atomic E-state index is -0.132. The van der Waals surface area contributed by atoms with Crippen LogP contribution in [0.2, 0.25) is 0 Å². The van der Waals surface area contributed by atoms with Gasteiger partial charge in [0.15, 0.2) is 0 Å². The van der Waals surface area contributed by atoms with E-state index in [0.717, 1.165) is 36.0 Å². The quantitative estimate of drug-likeness (QED) is 0.839. The molecule has 0 bridgehead atoms. The lowest BCUT2D eigenvalue weighted by atomic mass is 9.96. The number of hydrogen-bond donors (Lipinski definition) is 0. The van der Waals surface area contributed by atoms with Gasteiger partial charge in [-0.25, -0.2) is 4.79 Å². The van der Waals surface area contributed by atoms with Crippen molar-refractivity contribution in [3.8, 4) is 0 Å². The molecule has 3 rings (SSSR count). The molecule has 1 aliphatic rings. The van der Waals surface area contributed by atoms with Crippen LogP contribution in [-0.4, -0.2) is 69.6 Å². The molecule has 25 heavy (non-hydrogen) atoms. The van der Waals surface area contributed by atoms with Crippen LogP contribution in [0.1, 0.15) is 18.4 Å². The molecule has 134 valence electrons. The van der Waals surface area contributed by atoms with E-state index in [1.807, 2.05) is 25.2 Å². The van der Waals surface area contributed by atoms with E-state index in [1.54, 1.807) is 28.8 Å². The van der Waals surface area contributed by atoms with Gasteiger partial charge < -0.3 is 14.7 Å². The zero-order chi connectivity index (χ0) is 18.0. The molecule has 0 unspecified atom stereocenters. The third-order valence-electron chi connectivity index (χ3n) is 4.54. The maximum absolute atomic E-state index is 12.8. The van der Waals surface area contributed by atoms with E-state index in [0.29, 0.717) is 13.1 Å². The highest BCUT2D eigenvalue weighted by Crippen LogP contribution is 2.21. The Morgan fingerprint density at radius 1 is 1.24 bits per heavy atom. The summed E-state index contributed by atoms with van der Waals surface area (Å²) in [6.07, 6.45) is 1.69. The van der Waals surface area contributed by atoms with Crippen LogP contribution < -0.4 is 0 Å². The maximum atomic E-state index is 12.8. The monoisotopic (exact) mass is 361 g/mol. The van der Waals surface area contributed by atoms with Gasteiger partial charge in [-0.1, -0.05) is 6.07 Å². The van der Waals surface area contributed by atoms with E-state index in [1.165, 1.54) is 11.7 Å². The van der Waals surface area contributed by atoms with Gasteiger partial charge in [0, 0.05) is 40.8 Å². The molecule has 7 nitrogen and oxygen atoms in total. The van der Waals surface area contributed by atoms with Crippen LogP contribution >= 0.6 is 11.7 Å². The van der Waals surface area contributed by atoms with Gasteiger partial charge in [-0.3, -0.25) is 4.79 Å². The van der Waals surface area contributed by atoms with Crippen LogP contribution in [0.25, 0.3) is 11.0 Å². The van der Waals surface area contributed by atoms with Crippen LogP contribution in [0.3, 0.4) is 0 Å². The molecule has 2 aromatic rings. The van der Waals surface area contributed by atoms with Crippen molar-refractivity contribution in [2.75, 3.05) is 34.2 Å². The summed E-state index contributed by atoms with van der Waals surface area (Å²) in [6, 6.07) is 5.87. The summed E-state index contributed by atoms with van der Waals surface area (Å²) in [6.45, 7) is 1.75. The zero-order valence-corrected chi connectivity index (χ0v) is 15.6. The third-order valence-corrected chi connectivity index (χ3v) is 5.09. The molecule has 1 aliphatic heterocycles. The minimum Gasteiger partial charge on any atom is -0.341 e. The fraction of sp³-hybridized carbons (Fsp3) is 0.529. The average molecular weight is 361 g/mol. The third kappa shape index (κ3) is 3.89. The number of likely N-dealkylation sites (tertiary alicyclic amines) is 1. The smallest absolute Gasteiger partial charge is 0.319 e. The molecule has 0 radical (unpaired) electrons. The van der Waals surface area contributed by atoms with E-state index in [9.17, 15) is 9.59 Å². The molecule has 0 aliphatic carbocycles. The molecule has 1 aromatic carbocycles. The second-order valence-corrected chi connectivity index (χ2v) is 7.27. The number of amides is 3. The first kappa shape index (κ1) is 17.6. The number of fused-ring (bicyclic) bond motifs is 1. The number of carbonyl (C=O) groups is 2. The number of nitrogens with zero attached hydrogens (tertiary/aromatic N) is 5. The van der Waals surface area contributed by atoms with Crippen molar-refractivity contribution in [3.63, 3.8) is 0 Å². The lowest BCUT2D eigenvalue weighted by Crippen LogP contribution is -2.48. The van der Waals surface area contributed by atoms with Gasteiger partial charge in [0.25, 0.3) is 0 Å². The number of rotatable bonds is 3. The Bertz CT molecular complexity index is 775. The number of aromatic nitrogens is 2. The first-order chi connectivity index (χ1) is 12.0. The van der Waals surface area contributed by atoms with Crippen LogP contribution in [0, 0.1) is 5.92 Å². The highest BCUT2D eigenvalue weighted by molar-refractivity contribution is 7.00. The van der Waals surface area contributed by atoms with Gasteiger partial charge in [-0.15, -0.1) is 0 Å². The second kappa shape index (κ2) is 7.35. The van der Waals surface area contributed by atoms with Gasteiger partial charge in [-0.2, -0.15) is 8.75 Å². The van der Waals surface area contributed by atoms with Gasteiger partial charge in [0.1, 0.15) is 11.0 Å². The van der Waals surface area contributed by atoms with Crippen molar-refractivity contribution in [3.05, 3.63) is 23.8 Å². The van der Waals surface area contributed by atoms with Crippen molar-refractivity contribution in [1.29, 1.82) is 0 Å². The lowest BCUT2D eigenvalue weighted by molar-refractivity contribution is -0.136. The van der Waals surface area contributed by atoms with E-state index in [4.69, 9.17) is 0 Å². The molecular formula is C17H23N5O2S. The number of urea groups is 1. The molecule has 2 heterocycles. The van der Waals surface area contributed by atoms with Crippen molar-refractivity contribution in [2.45, 2.75) is 19.4 Å². The molecule has 0 saturated carbocycles. The summed E-state index contributed by atoms with van der Waals surface area (Å²) >= 11 is 1.19. The molecule has 0 spiro atoms. The van der Waals surface area contributed by atoms with Crippen LogP contribution in [0.15, 0.2) is 18.2 Å². The molecule has 1 saturated heterocycles. The van der Waals surface area contributed by atoms with E-state index >= 15 is 0 Å². The summed E-state index contributed by atoms with van der Waals surface area (Å²) in [5.74, 6) is -0.0416. The number of piperidine rings is 1. The van der Waals surface area contributed by atoms with Gasteiger partial charge in [0.05, 0.1) is 17.6 Å². The summed E-state index contributed by atoms with van der Waals surface area (Å²) in [5.41, 5.74) is 2.78. The van der Waals surface area contributed by atoms with Crippen molar-refractivity contribution < 1.29 is 9.59 Å². The Morgan fingerprint density at radius 2 is 2.00 bits per heavy atom. The summed E-state index contributed by atoms with van der Waals surface area (Å²) in [4.78, 5) is 30.0. The zero-order valence-electron chi connectivity index (χ0n) is 14.8. The largest absolute Gasteiger partial charge is 0.341 e. The predicted molar refractivity (Wildman–Crippen MR) is 97.3 cm³/mol. The van der Waals surface area contributed by atoms with Gasteiger partial charge in [-0.05, 0) is 30.5 Å². The Balaban J connectivity index is 1.64. The highest BCUT2D eigenvalue weighted by Gasteiger charge is 2.30. The number of carbonyl (C=O) groups excluding carboxylic acids is 2. The SMILES string of the molecule is CN(C)C(=O)N1CCC[C@H](C(=O)N(C)Cc2ccc3nsnc3c2)C1. The first-order valence-electron chi connectivity index (χ1n) is 8.38. The summed E-state index contributed by atoms with van der Waals surface area (Å²) < 4.78 is 8.44. The van der Waals surface area contributed by atoms with Crippen molar-refractivity contribution >= 4 is 34.7 Å². The Hall–Kier alpha value is -2.22. The Morgan fingerprint density at radius 3 is 2.76 bits per heavy atom. The molecule has 1 atom stereocenters. The molecular weight excluding hydrogens is 338 g/mol. The summed E-state index contributed by atoms with van der Waals surface area (Å²) in [7, 11) is 5.30. The van der Waals surface area contributed by atoms with E-state index in [-0.39, 0.29) is 17.9 Å². The lowest BCUT2D eigenvalue weighted by Gasteiger charge is -2.35. The van der Waals surface area contributed by atoms with Crippen LogP contribution in [0.5, 0.6) is 0 Å². The van der Waals surface area contributed by atoms with Crippen LogP contribution in [0.4, 0.5) is 4.79 Å². The van der Waals surface area contributed by atoms with Crippen LogP contribution in [-0.2, 0) is 11.3 Å². The average Bonchev–Trinajstić information content (AvgIpc) is 3.08. The second-order valence-electron chi connectivity index (χ2n) is 6.74. The molecule has 3 amide bonds. The highest BCUT2D eigenvalue weighted by atomic mass is 32.1. The fourth-order valence-corrected chi connectivity index (χ4v) is 3.74. The van der Waals surface area contributed by atoms with Crippen molar-refractivity contribution in [1.82, 2.24) is 23.4 Å². The van der Waals surface area contributed by atoms with Gasteiger partial charge in [0.2, 0.25) is 5.91 Å². The normalized spacial score (nSPS) is 17.6. The predicted octanol–water partition coefficient (Wildman–Crippen LogP) is 2.04. The molecule has 8 heteroatoms. The Kier molecular flexibility index (Phi) is 5.17. The first-order valence-corrected chi connectivity index (χ1v) is 9.11. The Labute approximate surface area is 151 Å². The number of hydrogen-bond acceptors (Lipinski definition) is 5. The number of benzene rings is 1. The maximum Gasteiger partial charge on any atom is 0.319 e. The molecule has 0 N–H and O–H groups in total. The standard InChI is InChI=1S/C17H23N5O2S/c1-20(2)17(24)22-8-4-5-13(11-22)16(23)21(3)10-12-6-7-14-15(9-12)19-25-18-14/h6-7,9,13H,4-5,8,10-11H2,1-3H3/t13-/m0/s1. The van der Waals surface area contributed by atoms with Gasteiger partial charge >= 0.3 is 6.03 Å². The molecule has 1 aromatic heterocycles. The van der Waals surface area contributed by atoms with Crippen molar-refractivity contribution in [2.24, 2.45) is 5.92 Å². The molecule has 1 fully saturated rings. The minimum absolute atomic E-state index is 0.0263. The summed E-state index contributed by atoms with van der Waals surface area (Å²) in [5, 5.41) is 0.